The van der Waals surface area contributed by atoms with E-state index in [1.54, 1.807) is 0 Å². The van der Waals surface area contributed by atoms with E-state index in [1.807, 2.05) is 0 Å². The number of halogens is 2. The summed E-state index contributed by atoms with van der Waals surface area (Å²) in [7, 11) is -4.66. The molecule has 0 unspecified atom stereocenters. The lowest BCUT2D eigenvalue weighted by Gasteiger charge is -2.22. The molecule has 128 valence electrons. The SMILES string of the molecule is O=C(CCC1CCNCC1)Nc1cccc(S(=O)(=O)C(F)F)c1. The number of alkyl halides is 2. The number of hydrogen-bond acceptors (Lipinski definition) is 4. The van der Waals surface area contributed by atoms with Crippen molar-refractivity contribution in [3.63, 3.8) is 0 Å². The van der Waals surface area contributed by atoms with E-state index in [2.05, 4.69) is 10.6 Å². The second-order valence-electron chi connectivity index (χ2n) is 5.61. The number of rotatable bonds is 6. The van der Waals surface area contributed by atoms with Crippen molar-refractivity contribution in [2.24, 2.45) is 5.92 Å². The second-order valence-corrected chi connectivity index (χ2v) is 7.53. The van der Waals surface area contributed by atoms with Gasteiger partial charge in [-0.3, -0.25) is 4.79 Å². The summed E-state index contributed by atoms with van der Waals surface area (Å²) >= 11 is 0. The van der Waals surface area contributed by atoms with Crippen LogP contribution in [-0.4, -0.2) is 33.2 Å². The summed E-state index contributed by atoms with van der Waals surface area (Å²) in [6.07, 6.45) is 3.17. The number of nitrogens with one attached hydrogen (secondary N) is 2. The molecule has 2 rings (SSSR count). The van der Waals surface area contributed by atoms with Crippen LogP contribution in [0, 0.1) is 5.92 Å². The Morgan fingerprint density at radius 1 is 1.30 bits per heavy atom. The van der Waals surface area contributed by atoms with Gasteiger partial charge in [-0.1, -0.05) is 6.07 Å². The Morgan fingerprint density at radius 3 is 2.65 bits per heavy atom. The van der Waals surface area contributed by atoms with Crippen LogP contribution < -0.4 is 10.6 Å². The van der Waals surface area contributed by atoms with Crippen LogP contribution in [0.3, 0.4) is 0 Å². The third-order valence-corrected chi connectivity index (χ3v) is 5.30. The van der Waals surface area contributed by atoms with E-state index in [0.29, 0.717) is 12.3 Å². The average molecular weight is 346 g/mol. The molecule has 0 spiro atoms. The van der Waals surface area contributed by atoms with Gasteiger partial charge in [-0.15, -0.1) is 0 Å². The van der Waals surface area contributed by atoms with E-state index < -0.39 is 20.5 Å². The lowest BCUT2D eigenvalue weighted by Crippen LogP contribution is -2.28. The molecule has 0 aromatic heterocycles. The molecule has 1 fully saturated rings. The van der Waals surface area contributed by atoms with Crippen LogP contribution in [0.15, 0.2) is 29.2 Å². The second kappa shape index (κ2) is 7.83. The van der Waals surface area contributed by atoms with Gasteiger partial charge in [0.25, 0.3) is 0 Å². The Hall–Kier alpha value is -1.54. The maximum Gasteiger partial charge on any atom is 0.341 e. The molecule has 0 aliphatic carbocycles. The molecular weight excluding hydrogens is 326 g/mol. The highest BCUT2D eigenvalue weighted by Gasteiger charge is 2.26. The predicted molar refractivity (Wildman–Crippen MR) is 83.1 cm³/mol. The van der Waals surface area contributed by atoms with Gasteiger partial charge in [-0.05, 0) is 56.5 Å². The molecule has 0 atom stereocenters. The Bertz CT molecular complexity index is 644. The summed E-state index contributed by atoms with van der Waals surface area (Å²) in [6.45, 7) is 1.92. The number of carbonyl (C=O) groups is 1. The molecule has 1 aliphatic heterocycles. The van der Waals surface area contributed by atoms with Crippen LogP contribution >= 0.6 is 0 Å². The normalized spacial score (nSPS) is 16.5. The summed E-state index contributed by atoms with van der Waals surface area (Å²) in [5.41, 5.74) is 0.210. The van der Waals surface area contributed by atoms with Gasteiger partial charge in [0.15, 0.2) is 0 Å². The smallest absolute Gasteiger partial charge is 0.326 e. The summed E-state index contributed by atoms with van der Waals surface area (Å²) in [5.74, 6) is -3.21. The molecule has 0 saturated carbocycles. The molecule has 1 aromatic rings. The molecule has 5 nitrogen and oxygen atoms in total. The van der Waals surface area contributed by atoms with Gasteiger partial charge in [0, 0.05) is 12.1 Å². The molecule has 2 N–H and O–H groups in total. The fourth-order valence-corrected chi connectivity index (χ4v) is 3.35. The minimum Gasteiger partial charge on any atom is -0.326 e. The number of amides is 1. The zero-order valence-electron chi connectivity index (χ0n) is 12.6. The lowest BCUT2D eigenvalue weighted by atomic mass is 9.93. The molecule has 0 bridgehead atoms. The Labute approximate surface area is 134 Å². The monoisotopic (exact) mass is 346 g/mol. The fraction of sp³-hybridized carbons (Fsp3) is 0.533. The summed E-state index contributed by atoms with van der Waals surface area (Å²) in [6, 6.07) is 4.96. The number of benzene rings is 1. The predicted octanol–water partition coefficient (Wildman–Crippen LogP) is 2.40. The van der Waals surface area contributed by atoms with Gasteiger partial charge in [0.2, 0.25) is 15.7 Å². The van der Waals surface area contributed by atoms with Crippen molar-refractivity contribution in [3.8, 4) is 0 Å². The quantitative estimate of drug-likeness (QED) is 0.829. The van der Waals surface area contributed by atoms with Crippen molar-refractivity contribution in [1.82, 2.24) is 5.32 Å². The Morgan fingerprint density at radius 2 is 2.00 bits per heavy atom. The van der Waals surface area contributed by atoms with Crippen LogP contribution in [0.2, 0.25) is 0 Å². The first-order valence-corrected chi connectivity index (χ1v) is 9.07. The average Bonchev–Trinajstić information content (AvgIpc) is 2.54. The van der Waals surface area contributed by atoms with Crippen molar-refractivity contribution in [2.45, 2.75) is 36.3 Å². The van der Waals surface area contributed by atoms with E-state index in [0.717, 1.165) is 44.5 Å². The number of piperidine rings is 1. The number of carbonyl (C=O) groups excluding carboxylic acids is 1. The van der Waals surface area contributed by atoms with Gasteiger partial charge < -0.3 is 10.6 Å². The highest BCUT2D eigenvalue weighted by molar-refractivity contribution is 7.91. The maximum absolute atomic E-state index is 12.5. The molecule has 8 heteroatoms. The largest absolute Gasteiger partial charge is 0.341 e. The van der Waals surface area contributed by atoms with Gasteiger partial charge in [-0.2, -0.15) is 8.78 Å². The third kappa shape index (κ3) is 4.97. The van der Waals surface area contributed by atoms with E-state index in [-0.39, 0.29) is 11.6 Å². The summed E-state index contributed by atoms with van der Waals surface area (Å²) in [4.78, 5) is 11.4. The third-order valence-electron chi connectivity index (χ3n) is 3.92. The van der Waals surface area contributed by atoms with Crippen LogP contribution in [0.5, 0.6) is 0 Å². The number of sulfone groups is 1. The standard InChI is InChI=1S/C15H20F2N2O3S/c16-15(17)23(21,22)13-3-1-2-12(10-13)19-14(20)5-4-11-6-8-18-9-7-11/h1-3,10-11,15,18H,4-9H2,(H,19,20). The number of anilines is 1. The Balaban J connectivity index is 1.93. The van der Waals surface area contributed by atoms with Crippen LogP contribution in [0.1, 0.15) is 25.7 Å². The minimum atomic E-state index is -4.66. The van der Waals surface area contributed by atoms with Crippen LogP contribution in [0.25, 0.3) is 0 Å². The van der Waals surface area contributed by atoms with Crippen molar-refractivity contribution in [3.05, 3.63) is 24.3 Å². The lowest BCUT2D eigenvalue weighted by molar-refractivity contribution is -0.116. The van der Waals surface area contributed by atoms with Crippen LogP contribution in [0.4, 0.5) is 14.5 Å². The van der Waals surface area contributed by atoms with Crippen molar-refractivity contribution < 1.29 is 22.0 Å². The maximum atomic E-state index is 12.5. The van der Waals surface area contributed by atoms with Gasteiger partial charge >= 0.3 is 5.76 Å². The molecule has 0 radical (unpaired) electrons. The number of hydrogen-bond donors (Lipinski definition) is 2. The first-order chi connectivity index (χ1) is 10.9. The van der Waals surface area contributed by atoms with Crippen molar-refractivity contribution >= 4 is 21.4 Å². The van der Waals surface area contributed by atoms with Crippen molar-refractivity contribution in [2.75, 3.05) is 18.4 Å². The minimum absolute atomic E-state index is 0.210. The first-order valence-electron chi connectivity index (χ1n) is 7.52. The van der Waals surface area contributed by atoms with Gasteiger partial charge in [0.1, 0.15) is 0 Å². The summed E-state index contributed by atoms with van der Waals surface area (Å²) in [5, 5.41) is 5.82. The van der Waals surface area contributed by atoms with E-state index in [1.165, 1.54) is 12.1 Å². The highest BCUT2D eigenvalue weighted by atomic mass is 32.2. The van der Waals surface area contributed by atoms with E-state index in [4.69, 9.17) is 0 Å². The summed E-state index contributed by atoms with van der Waals surface area (Å²) < 4.78 is 47.9. The molecule has 1 heterocycles. The molecule has 1 aromatic carbocycles. The zero-order valence-corrected chi connectivity index (χ0v) is 13.4. The molecular formula is C15H20F2N2O3S. The fourth-order valence-electron chi connectivity index (χ4n) is 2.58. The molecule has 1 saturated heterocycles. The van der Waals surface area contributed by atoms with Gasteiger partial charge in [0.05, 0.1) is 4.90 Å². The van der Waals surface area contributed by atoms with E-state index in [9.17, 15) is 22.0 Å². The topological polar surface area (TPSA) is 75.3 Å². The zero-order chi connectivity index (χ0) is 16.9. The highest BCUT2D eigenvalue weighted by Crippen LogP contribution is 2.22. The first kappa shape index (κ1) is 17.8. The van der Waals surface area contributed by atoms with Crippen LogP contribution in [-0.2, 0) is 14.6 Å². The Kier molecular flexibility index (Phi) is 6.06. The van der Waals surface area contributed by atoms with Crippen molar-refractivity contribution in [1.29, 1.82) is 0 Å². The molecule has 23 heavy (non-hydrogen) atoms. The molecule has 1 aliphatic rings. The van der Waals surface area contributed by atoms with Gasteiger partial charge in [-0.25, -0.2) is 8.42 Å². The molecule has 1 amide bonds. The van der Waals surface area contributed by atoms with E-state index >= 15 is 0 Å².